The van der Waals surface area contributed by atoms with E-state index in [9.17, 15) is 0 Å². The summed E-state index contributed by atoms with van der Waals surface area (Å²) in [7, 11) is 0. The van der Waals surface area contributed by atoms with E-state index in [4.69, 9.17) is 4.52 Å². The highest BCUT2D eigenvalue weighted by molar-refractivity contribution is 5.18. The van der Waals surface area contributed by atoms with Crippen LogP contribution in [0.1, 0.15) is 37.0 Å². The number of rotatable bonds is 6. The summed E-state index contributed by atoms with van der Waals surface area (Å²) >= 11 is 0. The lowest BCUT2D eigenvalue weighted by atomic mass is 10.1. The second-order valence-corrected chi connectivity index (χ2v) is 5.68. The summed E-state index contributed by atoms with van der Waals surface area (Å²) in [4.78, 5) is 4.41. The van der Waals surface area contributed by atoms with Gasteiger partial charge in [0.1, 0.15) is 0 Å². The number of nitrogens with zero attached hydrogens (tertiary/aromatic N) is 2. The van der Waals surface area contributed by atoms with Crippen molar-refractivity contribution in [3.05, 3.63) is 47.6 Å². The lowest BCUT2D eigenvalue weighted by Gasteiger charge is -2.06. The van der Waals surface area contributed by atoms with E-state index in [1.165, 1.54) is 18.4 Å². The Morgan fingerprint density at radius 1 is 1.26 bits per heavy atom. The van der Waals surface area contributed by atoms with E-state index in [0.717, 1.165) is 18.8 Å². The Hall–Kier alpha value is -1.68. The van der Waals surface area contributed by atoms with Gasteiger partial charge in [0.05, 0.1) is 6.54 Å². The Labute approximate surface area is 113 Å². The van der Waals surface area contributed by atoms with Crippen molar-refractivity contribution in [1.82, 2.24) is 15.5 Å². The van der Waals surface area contributed by atoms with Crippen molar-refractivity contribution in [2.24, 2.45) is 5.41 Å². The number of aromatic nitrogens is 2. The predicted molar refractivity (Wildman–Crippen MR) is 72.6 cm³/mol. The van der Waals surface area contributed by atoms with E-state index < -0.39 is 0 Å². The SMILES string of the molecule is CC1(CNCc2nc(Cc3ccccc3)no2)CC1. The van der Waals surface area contributed by atoms with E-state index in [1.807, 2.05) is 18.2 Å². The van der Waals surface area contributed by atoms with Crippen molar-refractivity contribution in [2.75, 3.05) is 6.54 Å². The fourth-order valence-electron chi connectivity index (χ4n) is 2.07. The molecule has 1 aliphatic carbocycles. The van der Waals surface area contributed by atoms with Crippen LogP contribution >= 0.6 is 0 Å². The van der Waals surface area contributed by atoms with Crippen molar-refractivity contribution in [1.29, 1.82) is 0 Å². The zero-order chi connectivity index (χ0) is 13.1. The van der Waals surface area contributed by atoms with Crippen LogP contribution in [0.5, 0.6) is 0 Å². The fourth-order valence-corrected chi connectivity index (χ4v) is 2.07. The van der Waals surface area contributed by atoms with Gasteiger partial charge in [0.25, 0.3) is 0 Å². The Morgan fingerprint density at radius 2 is 2.05 bits per heavy atom. The van der Waals surface area contributed by atoms with Gasteiger partial charge in [-0.3, -0.25) is 0 Å². The molecule has 1 heterocycles. The second-order valence-electron chi connectivity index (χ2n) is 5.68. The van der Waals surface area contributed by atoms with Crippen LogP contribution in [0.25, 0.3) is 0 Å². The molecule has 1 aromatic carbocycles. The molecule has 0 spiro atoms. The van der Waals surface area contributed by atoms with Gasteiger partial charge >= 0.3 is 0 Å². The summed E-state index contributed by atoms with van der Waals surface area (Å²) in [6.07, 6.45) is 3.37. The molecule has 2 aromatic rings. The van der Waals surface area contributed by atoms with E-state index in [0.29, 0.717) is 17.9 Å². The van der Waals surface area contributed by atoms with Crippen LogP contribution in [0.4, 0.5) is 0 Å². The molecule has 100 valence electrons. The van der Waals surface area contributed by atoms with Crippen molar-refractivity contribution < 1.29 is 4.52 Å². The molecule has 0 radical (unpaired) electrons. The van der Waals surface area contributed by atoms with Crippen LogP contribution in [-0.4, -0.2) is 16.7 Å². The van der Waals surface area contributed by atoms with Crippen LogP contribution in [0.2, 0.25) is 0 Å². The zero-order valence-electron chi connectivity index (χ0n) is 11.2. The molecule has 1 fully saturated rings. The maximum atomic E-state index is 5.25. The van der Waals surface area contributed by atoms with E-state index in [2.05, 4.69) is 34.5 Å². The first-order valence-electron chi connectivity index (χ1n) is 6.80. The van der Waals surface area contributed by atoms with Crippen LogP contribution in [0.15, 0.2) is 34.9 Å². The largest absolute Gasteiger partial charge is 0.338 e. The van der Waals surface area contributed by atoms with Gasteiger partial charge in [-0.25, -0.2) is 0 Å². The number of hydrogen-bond donors (Lipinski definition) is 1. The summed E-state index contributed by atoms with van der Waals surface area (Å²) in [5.41, 5.74) is 1.71. The summed E-state index contributed by atoms with van der Waals surface area (Å²) in [5.74, 6) is 1.43. The van der Waals surface area contributed by atoms with Gasteiger partial charge in [-0.15, -0.1) is 0 Å². The lowest BCUT2D eigenvalue weighted by Crippen LogP contribution is -2.21. The third kappa shape index (κ3) is 3.41. The maximum absolute atomic E-state index is 5.25. The van der Waals surface area contributed by atoms with Crippen molar-refractivity contribution in [2.45, 2.75) is 32.7 Å². The average molecular weight is 257 g/mol. The van der Waals surface area contributed by atoms with Gasteiger partial charge in [-0.2, -0.15) is 4.98 Å². The average Bonchev–Trinajstić information content (AvgIpc) is 2.98. The zero-order valence-corrected chi connectivity index (χ0v) is 11.2. The normalized spacial score (nSPS) is 16.5. The Kier molecular flexibility index (Phi) is 3.34. The molecule has 3 rings (SSSR count). The molecule has 19 heavy (non-hydrogen) atoms. The highest BCUT2D eigenvalue weighted by Crippen LogP contribution is 2.44. The minimum absolute atomic E-state index is 0.507. The number of hydrogen-bond acceptors (Lipinski definition) is 4. The van der Waals surface area contributed by atoms with E-state index >= 15 is 0 Å². The molecule has 4 nitrogen and oxygen atoms in total. The third-order valence-corrected chi connectivity index (χ3v) is 3.65. The quantitative estimate of drug-likeness (QED) is 0.864. The lowest BCUT2D eigenvalue weighted by molar-refractivity contribution is 0.356. The molecular weight excluding hydrogens is 238 g/mol. The van der Waals surface area contributed by atoms with Crippen LogP contribution < -0.4 is 5.32 Å². The Balaban J connectivity index is 1.51. The van der Waals surface area contributed by atoms with Crippen molar-refractivity contribution >= 4 is 0 Å². The molecule has 1 aromatic heterocycles. The Morgan fingerprint density at radius 3 is 2.79 bits per heavy atom. The van der Waals surface area contributed by atoms with Gasteiger partial charge < -0.3 is 9.84 Å². The monoisotopic (exact) mass is 257 g/mol. The standard InChI is InChI=1S/C15H19N3O/c1-15(7-8-15)11-16-10-14-17-13(18-19-14)9-12-5-3-2-4-6-12/h2-6,16H,7-11H2,1H3. The van der Waals surface area contributed by atoms with E-state index in [1.54, 1.807) is 0 Å². The van der Waals surface area contributed by atoms with Crippen molar-refractivity contribution in [3.8, 4) is 0 Å². The molecular formula is C15H19N3O. The summed E-state index contributed by atoms with van der Waals surface area (Å²) in [5, 5.41) is 7.40. The molecule has 1 saturated carbocycles. The molecule has 0 saturated heterocycles. The topological polar surface area (TPSA) is 51.0 Å². The van der Waals surface area contributed by atoms with Crippen LogP contribution in [0, 0.1) is 5.41 Å². The molecule has 1 N–H and O–H groups in total. The number of benzene rings is 1. The van der Waals surface area contributed by atoms with E-state index in [-0.39, 0.29) is 0 Å². The third-order valence-electron chi connectivity index (χ3n) is 3.65. The molecule has 4 heteroatoms. The smallest absolute Gasteiger partial charge is 0.240 e. The minimum atomic E-state index is 0.507. The van der Waals surface area contributed by atoms with Gasteiger partial charge in [-0.1, -0.05) is 42.4 Å². The summed E-state index contributed by atoms with van der Waals surface area (Å²) in [6.45, 7) is 4.00. The first kappa shape index (κ1) is 12.4. The highest BCUT2D eigenvalue weighted by atomic mass is 16.5. The molecule has 0 unspecified atom stereocenters. The summed E-state index contributed by atoms with van der Waals surface area (Å²) < 4.78 is 5.25. The molecule has 0 aliphatic heterocycles. The Bertz CT molecular complexity index is 531. The predicted octanol–water partition coefficient (Wildman–Crippen LogP) is 2.55. The van der Waals surface area contributed by atoms with Gasteiger partial charge in [0, 0.05) is 13.0 Å². The van der Waals surface area contributed by atoms with Gasteiger partial charge in [-0.05, 0) is 23.8 Å². The second kappa shape index (κ2) is 5.13. The van der Waals surface area contributed by atoms with Gasteiger partial charge in [0.2, 0.25) is 5.89 Å². The molecule has 0 bridgehead atoms. The minimum Gasteiger partial charge on any atom is -0.338 e. The number of nitrogens with one attached hydrogen (secondary N) is 1. The molecule has 1 aliphatic rings. The summed E-state index contributed by atoms with van der Waals surface area (Å²) in [6, 6.07) is 10.2. The van der Waals surface area contributed by atoms with Crippen LogP contribution in [0.3, 0.4) is 0 Å². The first-order chi connectivity index (χ1) is 9.23. The van der Waals surface area contributed by atoms with Gasteiger partial charge in [0.15, 0.2) is 5.82 Å². The first-order valence-corrected chi connectivity index (χ1v) is 6.80. The highest BCUT2D eigenvalue weighted by Gasteiger charge is 2.36. The fraction of sp³-hybridized carbons (Fsp3) is 0.467. The molecule has 0 amide bonds. The molecule has 0 atom stereocenters. The van der Waals surface area contributed by atoms with Crippen LogP contribution in [-0.2, 0) is 13.0 Å². The van der Waals surface area contributed by atoms with Crippen molar-refractivity contribution in [3.63, 3.8) is 0 Å². The maximum Gasteiger partial charge on any atom is 0.240 e.